The second-order valence-corrected chi connectivity index (χ2v) is 6.31. The molecule has 1 saturated heterocycles. The SMILES string of the molecule is Cc1cccc(Nc2ncnc3cnc(N4CCCC4C(=O)O)nc23)c1. The van der Waals surface area contributed by atoms with Gasteiger partial charge in [-0.1, -0.05) is 12.1 Å². The zero-order valence-corrected chi connectivity index (χ0v) is 14.3. The predicted octanol–water partition coefficient (Wildman–Crippen LogP) is 2.53. The molecule has 3 aromatic rings. The first kappa shape index (κ1) is 16.2. The largest absolute Gasteiger partial charge is 0.480 e. The lowest BCUT2D eigenvalue weighted by Gasteiger charge is -2.21. The van der Waals surface area contributed by atoms with E-state index in [1.54, 1.807) is 11.1 Å². The van der Waals surface area contributed by atoms with E-state index in [4.69, 9.17) is 0 Å². The minimum Gasteiger partial charge on any atom is -0.480 e. The minimum atomic E-state index is -0.853. The fraction of sp³-hybridized carbons (Fsp3) is 0.278. The third-order valence-corrected chi connectivity index (χ3v) is 4.44. The summed E-state index contributed by atoms with van der Waals surface area (Å²) in [6.07, 6.45) is 4.46. The van der Waals surface area contributed by atoms with E-state index in [2.05, 4.69) is 25.3 Å². The number of hydrogen-bond acceptors (Lipinski definition) is 7. The van der Waals surface area contributed by atoms with Crippen LogP contribution >= 0.6 is 0 Å². The van der Waals surface area contributed by atoms with E-state index < -0.39 is 12.0 Å². The molecule has 0 aliphatic carbocycles. The molecular formula is C18H18N6O2. The fourth-order valence-corrected chi connectivity index (χ4v) is 3.20. The van der Waals surface area contributed by atoms with Crippen molar-refractivity contribution in [3.8, 4) is 0 Å². The average Bonchev–Trinajstić information content (AvgIpc) is 3.12. The van der Waals surface area contributed by atoms with Gasteiger partial charge in [0, 0.05) is 12.2 Å². The van der Waals surface area contributed by atoms with Crippen molar-refractivity contribution in [3.63, 3.8) is 0 Å². The predicted molar refractivity (Wildman–Crippen MR) is 97.6 cm³/mol. The van der Waals surface area contributed by atoms with Crippen LogP contribution in [0.25, 0.3) is 11.0 Å². The van der Waals surface area contributed by atoms with Gasteiger partial charge in [0.15, 0.2) is 5.82 Å². The number of aryl methyl sites for hydroxylation is 1. The maximum absolute atomic E-state index is 11.5. The van der Waals surface area contributed by atoms with Gasteiger partial charge in [-0.2, -0.15) is 0 Å². The van der Waals surface area contributed by atoms with Crippen LogP contribution in [-0.4, -0.2) is 43.6 Å². The summed E-state index contributed by atoms with van der Waals surface area (Å²) in [6, 6.07) is 7.35. The molecule has 1 fully saturated rings. The Kier molecular flexibility index (Phi) is 4.08. The van der Waals surface area contributed by atoms with Crippen molar-refractivity contribution in [3.05, 3.63) is 42.4 Å². The first-order valence-electron chi connectivity index (χ1n) is 8.43. The van der Waals surface area contributed by atoms with Crippen LogP contribution in [0, 0.1) is 6.92 Å². The average molecular weight is 350 g/mol. The smallest absolute Gasteiger partial charge is 0.326 e. The lowest BCUT2D eigenvalue weighted by molar-refractivity contribution is -0.138. The lowest BCUT2D eigenvalue weighted by Crippen LogP contribution is -2.37. The van der Waals surface area contributed by atoms with Gasteiger partial charge in [-0.3, -0.25) is 0 Å². The normalized spacial score (nSPS) is 16.8. The summed E-state index contributed by atoms with van der Waals surface area (Å²) in [6.45, 7) is 2.64. The summed E-state index contributed by atoms with van der Waals surface area (Å²) in [5.41, 5.74) is 3.19. The molecule has 0 radical (unpaired) electrons. The molecule has 2 N–H and O–H groups in total. The summed E-state index contributed by atoms with van der Waals surface area (Å²) in [4.78, 5) is 30.6. The second kappa shape index (κ2) is 6.55. The maximum Gasteiger partial charge on any atom is 0.326 e. The molecule has 1 aliphatic rings. The molecule has 4 rings (SSSR count). The number of nitrogens with one attached hydrogen (secondary N) is 1. The molecule has 1 aliphatic heterocycles. The van der Waals surface area contributed by atoms with Crippen LogP contribution < -0.4 is 10.2 Å². The number of carboxylic acids is 1. The topological polar surface area (TPSA) is 104 Å². The minimum absolute atomic E-state index is 0.393. The van der Waals surface area contributed by atoms with E-state index in [1.165, 1.54) is 6.33 Å². The van der Waals surface area contributed by atoms with E-state index in [9.17, 15) is 9.90 Å². The number of aliphatic carboxylic acids is 1. The Labute approximate surface area is 149 Å². The number of carbonyl (C=O) groups is 1. The van der Waals surface area contributed by atoms with Crippen LogP contribution in [0.15, 0.2) is 36.8 Å². The highest BCUT2D eigenvalue weighted by Crippen LogP contribution is 2.26. The van der Waals surface area contributed by atoms with E-state index >= 15 is 0 Å². The highest BCUT2D eigenvalue weighted by atomic mass is 16.4. The van der Waals surface area contributed by atoms with Gasteiger partial charge in [-0.15, -0.1) is 0 Å². The van der Waals surface area contributed by atoms with Gasteiger partial charge >= 0.3 is 5.97 Å². The molecule has 26 heavy (non-hydrogen) atoms. The Morgan fingerprint density at radius 3 is 3.00 bits per heavy atom. The molecule has 1 unspecified atom stereocenters. The second-order valence-electron chi connectivity index (χ2n) is 6.31. The van der Waals surface area contributed by atoms with Crippen molar-refractivity contribution in [2.24, 2.45) is 0 Å². The fourth-order valence-electron chi connectivity index (χ4n) is 3.20. The van der Waals surface area contributed by atoms with Gasteiger partial charge in [0.2, 0.25) is 5.95 Å². The first-order valence-corrected chi connectivity index (χ1v) is 8.43. The van der Waals surface area contributed by atoms with Crippen molar-refractivity contribution >= 4 is 34.5 Å². The first-order chi connectivity index (χ1) is 12.6. The van der Waals surface area contributed by atoms with Crippen molar-refractivity contribution in [2.75, 3.05) is 16.8 Å². The monoisotopic (exact) mass is 350 g/mol. The Bertz CT molecular complexity index is 977. The number of anilines is 3. The Balaban J connectivity index is 1.74. The molecular weight excluding hydrogens is 332 g/mol. The lowest BCUT2D eigenvalue weighted by atomic mass is 10.2. The number of rotatable bonds is 4. The van der Waals surface area contributed by atoms with Crippen molar-refractivity contribution < 1.29 is 9.90 Å². The molecule has 0 bridgehead atoms. The molecule has 132 valence electrons. The number of carboxylic acid groups (broad SMARTS) is 1. The summed E-state index contributed by atoms with van der Waals surface area (Å²) in [5.74, 6) is 0.105. The van der Waals surface area contributed by atoms with E-state index in [1.807, 2.05) is 31.2 Å². The van der Waals surface area contributed by atoms with Crippen LogP contribution in [0.1, 0.15) is 18.4 Å². The van der Waals surface area contributed by atoms with E-state index in [0.717, 1.165) is 17.7 Å². The molecule has 8 nitrogen and oxygen atoms in total. The Hall–Kier alpha value is -3.29. The number of fused-ring (bicyclic) bond motifs is 1. The standard InChI is InChI=1S/C18H18N6O2/c1-11-4-2-5-12(8-11)22-16-15-13(20-10-21-16)9-19-18(23-15)24-7-3-6-14(24)17(25)26/h2,4-5,8-10,14H,3,6-7H2,1H3,(H,25,26)(H,20,21,22). The van der Waals surface area contributed by atoms with E-state index in [-0.39, 0.29) is 0 Å². The summed E-state index contributed by atoms with van der Waals surface area (Å²) >= 11 is 0. The third-order valence-electron chi connectivity index (χ3n) is 4.44. The number of hydrogen-bond donors (Lipinski definition) is 2. The summed E-state index contributed by atoms with van der Waals surface area (Å²) < 4.78 is 0. The van der Waals surface area contributed by atoms with Crippen molar-refractivity contribution in [1.29, 1.82) is 0 Å². The Morgan fingerprint density at radius 1 is 1.31 bits per heavy atom. The highest BCUT2D eigenvalue weighted by Gasteiger charge is 2.32. The molecule has 0 spiro atoms. The van der Waals surface area contributed by atoms with Crippen LogP contribution in [0.4, 0.5) is 17.5 Å². The van der Waals surface area contributed by atoms with Crippen molar-refractivity contribution in [2.45, 2.75) is 25.8 Å². The Morgan fingerprint density at radius 2 is 2.19 bits per heavy atom. The molecule has 1 aromatic carbocycles. The van der Waals surface area contributed by atoms with Gasteiger partial charge in [0.25, 0.3) is 0 Å². The third kappa shape index (κ3) is 3.01. The van der Waals surface area contributed by atoms with Gasteiger partial charge in [-0.25, -0.2) is 24.7 Å². The molecule has 2 aromatic heterocycles. The molecule has 0 saturated carbocycles. The number of aromatic nitrogens is 4. The van der Waals surface area contributed by atoms with E-state index in [0.29, 0.717) is 35.8 Å². The van der Waals surface area contributed by atoms with Crippen LogP contribution in [0.2, 0.25) is 0 Å². The van der Waals surface area contributed by atoms with Gasteiger partial charge in [0.05, 0.1) is 6.20 Å². The zero-order chi connectivity index (χ0) is 18.1. The summed E-state index contributed by atoms with van der Waals surface area (Å²) in [7, 11) is 0. The maximum atomic E-state index is 11.5. The molecule has 1 atom stereocenters. The van der Waals surface area contributed by atoms with Crippen LogP contribution in [0.5, 0.6) is 0 Å². The van der Waals surface area contributed by atoms with Crippen LogP contribution in [0.3, 0.4) is 0 Å². The molecule has 8 heteroatoms. The summed E-state index contributed by atoms with van der Waals surface area (Å²) in [5, 5.41) is 12.7. The molecule has 0 amide bonds. The van der Waals surface area contributed by atoms with Crippen LogP contribution in [-0.2, 0) is 4.79 Å². The van der Waals surface area contributed by atoms with Crippen molar-refractivity contribution in [1.82, 2.24) is 19.9 Å². The quantitative estimate of drug-likeness (QED) is 0.740. The highest BCUT2D eigenvalue weighted by molar-refractivity contribution is 5.87. The number of nitrogens with zero attached hydrogens (tertiary/aromatic N) is 5. The zero-order valence-electron chi connectivity index (χ0n) is 14.3. The number of benzene rings is 1. The van der Waals surface area contributed by atoms with Gasteiger partial charge < -0.3 is 15.3 Å². The van der Waals surface area contributed by atoms with Gasteiger partial charge in [0.1, 0.15) is 23.4 Å². The molecule has 3 heterocycles. The van der Waals surface area contributed by atoms with Gasteiger partial charge in [-0.05, 0) is 37.5 Å².